The second-order valence-electron chi connectivity index (χ2n) is 5.28. The lowest BCUT2D eigenvalue weighted by Gasteiger charge is -2.14. The Hall–Kier alpha value is -2.37. The number of amides is 1. The topological polar surface area (TPSA) is 92.7 Å². The van der Waals surface area contributed by atoms with Crippen molar-refractivity contribution in [3.05, 3.63) is 35.9 Å². The maximum atomic E-state index is 11.7. The number of nitrogens with one attached hydrogen (secondary N) is 1. The minimum absolute atomic E-state index is 0.0116. The number of aliphatic carboxylic acids is 1. The zero-order valence-corrected chi connectivity index (χ0v) is 13.3. The van der Waals surface area contributed by atoms with Crippen LogP contribution in [0.5, 0.6) is 0 Å². The molecule has 126 valence electrons. The summed E-state index contributed by atoms with van der Waals surface area (Å²) >= 11 is 0. The van der Waals surface area contributed by atoms with Crippen LogP contribution in [0.25, 0.3) is 0 Å². The molecule has 6 heteroatoms. The van der Waals surface area contributed by atoms with Crippen LogP contribution in [0.4, 0.5) is 4.79 Å². The maximum Gasteiger partial charge on any atom is 0.408 e. The van der Waals surface area contributed by atoms with Gasteiger partial charge in [0.1, 0.15) is 18.4 Å². The fourth-order valence-corrected chi connectivity index (χ4v) is 1.97. The standard InChI is InChI=1S/C17H23NO5/c1-2-3-9-14(19)10-11-15(16(20)21)18-17(22)23-12-13-7-5-4-6-8-13/h4-8,15H,2-3,9-12H2,1H3,(H,18,22)(H,20,21). The van der Waals surface area contributed by atoms with Crippen molar-refractivity contribution in [2.75, 3.05) is 0 Å². The summed E-state index contributed by atoms with van der Waals surface area (Å²) in [6.45, 7) is 2.05. The van der Waals surface area contributed by atoms with E-state index in [0.717, 1.165) is 18.4 Å². The second-order valence-corrected chi connectivity index (χ2v) is 5.28. The first kappa shape index (κ1) is 18.7. The minimum atomic E-state index is -1.18. The molecule has 0 heterocycles. The van der Waals surface area contributed by atoms with Crippen molar-refractivity contribution in [3.63, 3.8) is 0 Å². The van der Waals surface area contributed by atoms with Gasteiger partial charge in [-0.2, -0.15) is 0 Å². The number of unbranched alkanes of at least 4 members (excludes halogenated alkanes) is 1. The van der Waals surface area contributed by atoms with E-state index in [1.54, 1.807) is 12.1 Å². The molecule has 0 aromatic heterocycles. The zero-order chi connectivity index (χ0) is 17.1. The van der Waals surface area contributed by atoms with Gasteiger partial charge < -0.3 is 15.2 Å². The van der Waals surface area contributed by atoms with Crippen LogP contribution in [-0.2, 0) is 20.9 Å². The Bertz CT molecular complexity index is 515. The molecule has 0 fully saturated rings. The molecular formula is C17H23NO5. The summed E-state index contributed by atoms with van der Waals surface area (Å²) in [5.74, 6) is -1.16. The summed E-state index contributed by atoms with van der Waals surface area (Å²) in [5.41, 5.74) is 0.810. The third-order valence-electron chi connectivity index (χ3n) is 3.32. The van der Waals surface area contributed by atoms with Crippen LogP contribution in [0.15, 0.2) is 30.3 Å². The number of hydrogen-bond donors (Lipinski definition) is 2. The van der Waals surface area contributed by atoms with Crippen LogP contribution in [0.1, 0.15) is 44.6 Å². The Morgan fingerprint density at radius 2 is 1.87 bits per heavy atom. The van der Waals surface area contributed by atoms with Crippen molar-refractivity contribution in [2.24, 2.45) is 0 Å². The lowest BCUT2D eigenvalue weighted by atomic mass is 10.1. The minimum Gasteiger partial charge on any atom is -0.480 e. The van der Waals surface area contributed by atoms with Gasteiger partial charge in [-0.1, -0.05) is 43.7 Å². The first-order valence-electron chi connectivity index (χ1n) is 7.74. The number of rotatable bonds is 10. The largest absolute Gasteiger partial charge is 0.480 e. The Morgan fingerprint density at radius 3 is 2.48 bits per heavy atom. The predicted molar refractivity (Wildman–Crippen MR) is 85.0 cm³/mol. The van der Waals surface area contributed by atoms with Crippen molar-refractivity contribution in [1.29, 1.82) is 0 Å². The monoisotopic (exact) mass is 321 g/mol. The first-order valence-corrected chi connectivity index (χ1v) is 7.74. The molecular weight excluding hydrogens is 298 g/mol. The van der Waals surface area contributed by atoms with Crippen molar-refractivity contribution >= 4 is 17.8 Å². The smallest absolute Gasteiger partial charge is 0.408 e. The molecule has 1 aromatic carbocycles. The van der Waals surface area contributed by atoms with Crippen LogP contribution >= 0.6 is 0 Å². The van der Waals surface area contributed by atoms with Crippen LogP contribution in [0.2, 0.25) is 0 Å². The molecule has 0 spiro atoms. The molecule has 23 heavy (non-hydrogen) atoms. The SMILES string of the molecule is CCCCC(=O)CCC(NC(=O)OCc1ccccc1)C(=O)O. The normalized spacial score (nSPS) is 11.5. The number of carbonyl (C=O) groups is 3. The Balaban J connectivity index is 2.38. The van der Waals surface area contributed by atoms with E-state index >= 15 is 0 Å². The fourth-order valence-electron chi connectivity index (χ4n) is 1.97. The van der Waals surface area contributed by atoms with E-state index in [1.807, 2.05) is 25.1 Å². The van der Waals surface area contributed by atoms with Gasteiger partial charge in [0.2, 0.25) is 0 Å². The van der Waals surface area contributed by atoms with Gasteiger partial charge in [-0.25, -0.2) is 9.59 Å². The average molecular weight is 321 g/mol. The molecule has 1 amide bonds. The van der Waals surface area contributed by atoms with Gasteiger partial charge in [-0.3, -0.25) is 4.79 Å². The van der Waals surface area contributed by atoms with Crippen molar-refractivity contribution in [1.82, 2.24) is 5.32 Å². The molecule has 0 saturated carbocycles. The van der Waals surface area contributed by atoms with E-state index in [0.29, 0.717) is 6.42 Å². The summed E-state index contributed by atoms with van der Waals surface area (Å²) in [6.07, 6.45) is 1.55. The van der Waals surface area contributed by atoms with Gasteiger partial charge in [0.15, 0.2) is 0 Å². The quantitative estimate of drug-likeness (QED) is 0.691. The molecule has 1 aromatic rings. The van der Waals surface area contributed by atoms with Gasteiger partial charge >= 0.3 is 12.1 Å². The molecule has 1 unspecified atom stereocenters. The summed E-state index contributed by atoms with van der Waals surface area (Å²) in [7, 11) is 0. The van der Waals surface area contributed by atoms with Gasteiger partial charge in [-0.15, -0.1) is 0 Å². The Morgan fingerprint density at radius 1 is 1.17 bits per heavy atom. The van der Waals surface area contributed by atoms with E-state index < -0.39 is 18.1 Å². The van der Waals surface area contributed by atoms with Crippen LogP contribution in [-0.4, -0.2) is 29.0 Å². The van der Waals surface area contributed by atoms with Crippen LogP contribution in [0.3, 0.4) is 0 Å². The van der Waals surface area contributed by atoms with Crippen molar-refractivity contribution in [3.8, 4) is 0 Å². The average Bonchev–Trinajstić information content (AvgIpc) is 2.55. The molecule has 1 rings (SSSR count). The number of carboxylic acid groups (broad SMARTS) is 1. The zero-order valence-electron chi connectivity index (χ0n) is 13.3. The molecule has 1 atom stereocenters. The summed E-state index contributed by atoms with van der Waals surface area (Å²) in [4.78, 5) is 34.4. The number of carboxylic acids is 1. The highest BCUT2D eigenvalue weighted by Crippen LogP contribution is 2.06. The molecule has 0 bridgehead atoms. The Labute approximate surface area is 135 Å². The van der Waals surface area contributed by atoms with E-state index in [2.05, 4.69) is 5.32 Å². The Kier molecular flexibility index (Phi) is 8.42. The highest BCUT2D eigenvalue weighted by molar-refractivity contribution is 5.82. The number of Topliss-reactive ketones (excluding diaryl/α,β-unsaturated/α-hetero) is 1. The first-order chi connectivity index (χ1) is 11.0. The van der Waals surface area contributed by atoms with Gasteiger partial charge in [-0.05, 0) is 18.4 Å². The lowest BCUT2D eigenvalue weighted by Crippen LogP contribution is -2.41. The van der Waals surface area contributed by atoms with Gasteiger partial charge in [0, 0.05) is 12.8 Å². The number of ether oxygens (including phenoxy) is 1. The number of benzene rings is 1. The fraction of sp³-hybridized carbons (Fsp3) is 0.471. The molecule has 0 aliphatic heterocycles. The van der Waals surface area contributed by atoms with E-state index in [1.165, 1.54) is 0 Å². The summed E-state index contributed by atoms with van der Waals surface area (Å²) < 4.78 is 4.98. The number of alkyl carbamates (subject to hydrolysis) is 1. The summed E-state index contributed by atoms with van der Waals surface area (Å²) in [5, 5.41) is 11.4. The van der Waals surface area contributed by atoms with Gasteiger partial charge in [0.25, 0.3) is 0 Å². The molecule has 2 N–H and O–H groups in total. The number of hydrogen-bond acceptors (Lipinski definition) is 4. The highest BCUT2D eigenvalue weighted by atomic mass is 16.5. The van der Waals surface area contributed by atoms with Crippen LogP contribution in [0, 0.1) is 0 Å². The van der Waals surface area contributed by atoms with Gasteiger partial charge in [0.05, 0.1) is 0 Å². The van der Waals surface area contributed by atoms with E-state index in [9.17, 15) is 14.4 Å². The molecule has 0 saturated heterocycles. The molecule has 0 aliphatic carbocycles. The van der Waals surface area contributed by atoms with Crippen molar-refractivity contribution < 1.29 is 24.2 Å². The second kappa shape index (κ2) is 10.4. The molecule has 6 nitrogen and oxygen atoms in total. The lowest BCUT2D eigenvalue weighted by molar-refractivity contribution is -0.139. The number of carbonyl (C=O) groups excluding carboxylic acids is 2. The van der Waals surface area contributed by atoms with E-state index in [4.69, 9.17) is 9.84 Å². The maximum absolute atomic E-state index is 11.7. The third-order valence-corrected chi connectivity index (χ3v) is 3.32. The third kappa shape index (κ3) is 7.99. The van der Waals surface area contributed by atoms with Crippen LogP contribution < -0.4 is 5.32 Å². The summed E-state index contributed by atoms with van der Waals surface area (Å²) in [6, 6.07) is 7.96. The number of ketones is 1. The van der Waals surface area contributed by atoms with E-state index in [-0.39, 0.29) is 25.2 Å². The molecule has 0 radical (unpaired) electrons. The van der Waals surface area contributed by atoms with Crippen molar-refractivity contribution in [2.45, 2.75) is 51.7 Å². The molecule has 0 aliphatic rings. The predicted octanol–water partition coefficient (Wildman–Crippen LogP) is 2.91. The highest BCUT2D eigenvalue weighted by Gasteiger charge is 2.21.